The van der Waals surface area contributed by atoms with Gasteiger partial charge < -0.3 is 31.5 Å². The molecule has 0 heterocycles. The number of amides is 4. The molecule has 0 radical (unpaired) electrons. The van der Waals surface area contributed by atoms with Gasteiger partial charge in [-0.15, -0.1) is 0 Å². The van der Waals surface area contributed by atoms with Crippen molar-refractivity contribution in [2.45, 2.75) is 97.2 Å². The Morgan fingerprint density at radius 3 is 2.14 bits per heavy atom. The Labute approximate surface area is 207 Å². The number of carbonyl (C=O) groups is 5. The van der Waals surface area contributed by atoms with Crippen molar-refractivity contribution in [1.29, 1.82) is 0 Å². The summed E-state index contributed by atoms with van der Waals surface area (Å²) in [4.78, 5) is 59.8. The summed E-state index contributed by atoms with van der Waals surface area (Å²) in [5.41, 5.74) is 4.40. The fourth-order valence-corrected chi connectivity index (χ4v) is 3.95. The first-order valence-corrected chi connectivity index (χ1v) is 12.3. The molecule has 3 atom stereocenters. The largest absolute Gasteiger partial charge is 0.480 e. The molecule has 0 aromatic heterocycles. The van der Waals surface area contributed by atoms with Gasteiger partial charge in [0.15, 0.2) is 0 Å². The van der Waals surface area contributed by atoms with Gasteiger partial charge in [-0.05, 0) is 64.7 Å². The van der Waals surface area contributed by atoms with Gasteiger partial charge in [0.1, 0.15) is 17.7 Å². The summed E-state index contributed by atoms with van der Waals surface area (Å²) in [7, 11) is 0. The Morgan fingerprint density at radius 1 is 1.06 bits per heavy atom. The predicted octanol–water partition coefficient (Wildman–Crippen LogP) is 1.68. The van der Waals surface area contributed by atoms with E-state index < -0.39 is 35.7 Å². The van der Waals surface area contributed by atoms with Gasteiger partial charge >= 0.3 is 12.1 Å². The second-order valence-corrected chi connectivity index (χ2v) is 10.4. The van der Waals surface area contributed by atoms with Crippen LogP contribution in [0.1, 0.15) is 79.6 Å². The van der Waals surface area contributed by atoms with Crippen molar-refractivity contribution in [2.75, 3.05) is 6.54 Å². The lowest BCUT2D eigenvalue weighted by Crippen LogP contribution is -2.52. The molecule has 0 unspecified atom stereocenters. The third kappa shape index (κ3) is 11.4. The van der Waals surface area contributed by atoms with Gasteiger partial charge in [-0.2, -0.15) is 0 Å². The number of alkyl carbamates (subject to hydrolysis) is 1. The van der Waals surface area contributed by atoms with Gasteiger partial charge in [0, 0.05) is 18.9 Å². The van der Waals surface area contributed by atoms with E-state index >= 15 is 0 Å². The first-order valence-electron chi connectivity index (χ1n) is 12.3. The highest BCUT2D eigenvalue weighted by Gasteiger charge is 2.31. The molecule has 1 saturated carbocycles. The molecule has 1 fully saturated rings. The first-order chi connectivity index (χ1) is 16.2. The monoisotopic (exact) mass is 498 g/mol. The Kier molecular flexibility index (Phi) is 12.0. The number of rotatable bonds is 12. The number of carboxylic acids is 1. The lowest BCUT2D eigenvalue weighted by atomic mass is 9.81. The Bertz CT molecular complexity index is 757. The van der Waals surface area contributed by atoms with Gasteiger partial charge in [0.2, 0.25) is 17.7 Å². The standard InChI is InChI=1S/C24H42N4O7/c1-6-14(2)19(28-23(34)35-24(3,4)5)21(31)26-13-15-7-9-16(10-8-15)20(30)27-17(22(32)33)11-12-18(25)29/h14-17,19H,6-13H2,1-5H3,(H2,25,29)(H,26,31)(H,27,30)(H,28,34)(H,32,33)/t14-,15?,16?,17+,19+/m1/s1. The number of carboxylic acid groups (broad SMARTS) is 1. The smallest absolute Gasteiger partial charge is 0.408 e. The summed E-state index contributed by atoms with van der Waals surface area (Å²) in [5, 5.41) is 17.4. The highest BCUT2D eigenvalue weighted by Crippen LogP contribution is 2.29. The topological polar surface area (TPSA) is 177 Å². The third-order valence-electron chi connectivity index (χ3n) is 6.24. The van der Waals surface area contributed by atoms with Gasteiger partial charge in [0.05, 0.1) is 0 Å². The number of nitrogens with two attached hydrogens (primary N) is 1. The van der Waals surface area contributed by atoms with Crippen LogP contribution in [0.25, 0.3) is 0 Å². The molecule has 1 aliphatic carbocycles. The van der Waals surface area contributed by atoms with Gasteiger partial charge in [0.25, 0.3) is 0 Å². The molecule has 1 aliphatic rings. The van der Waals surface area contributed by atoms with E-state index in [2.05, 4.69) is 16.0 Å². The first kappa shape index (κ1) is 30.2. The van der Waals surface area contributed by atoms with Crippen LogP contribution in [-0.2, 0) is 23.9 Å². The highest BCUT2D eigenvalue weighted by atomic mass is 16.6. The zero-order valence-electron chi connectivity index (χ0n) is 21.5. The number of aliphatic carboxylic acids is 1. The van der Waals surface area contributed by atoms with Gasteiger partial charge in [-0.1, -0.05) is 20.3 Å². The summed E-state index contributed by atoms with van der Waals surface area (Å²) in [5.74, 6) is -2.67. The lowest BCUT2D eigenvalue weighted by Gasteiger charge is -2.30. The van der Waals surface area contributed by atoms with Crippen LogP contribution in [0.3, 0.4) is 0 Å². The minimum absolute atomic E-state index is 0.0491. The number of hydrogen-bond donors (Lipinski definition) is 5. The molecule has 11 heteroatoms. The van der Waals surface area contributed by atoms with Crippen molar-refractivity contribution in [3.63, 3.8) is 0 Å². The minimum Gasteiger partial charge on any atom is -0.480 e. The molecule has 0 aliphatic heterocycles. The van der Waals surface area contributed by atoms with E-state index in [1.807, 2.05) is 13.8 Å². The molecule has 0 aromatic carbocycles. The van der Waals surface area contributed by atoms with Crippen LogP contribution in [-0.4, -0.2) is 59.1 Å². The maximum atomic E-state index is 12.8. The summed E-state index contributed by atoms with van der Waals surface area (Å²) >= 11 is 0. The minimum atomic E-state index is -1.20. The molecule has 0 aromatic rings. The summed E-state index contributed by atoms with van der Waals surface area (Å²) < 4.78 is 5.28. The fraction of sp³-hybridized carbons (Fsp3) is 0.792. The van der Waals surface area contributed by atoms with Crippen LogP contribution in [0, 0.1) is 17.8 Å². The van der Waals surface area contributed by atoms with Gasteiger partial charge in [-0.3, -0.25) is 14.4 Å². The molecule has 0 spiro atoms. The quantitative estimate of drug-likeness (QED) is 0.272. The van der Waals surface area contributed by atoms with Crippen LogP contribution in [0.15, 0.2) is 0 Å². The van der Waals surface area contributed by atoms with Crippen molar-refractivity contribution in [1.82, 2.24) is 16.0 Å². The number of primary amides is 1. The zero-order valence-corrected chi connectivity index (χ0v) is 21.5. The molecular weight excluding hydrogens is 456 g/mol. The predicted molar refractivity (Wildman–Crippen MR) is 129 cm³/mol. The maximum absolute atomic E-state index is 12.8. The number of ether oxygens (including phenoxy) is 1. The van der Waals surface area contributed by atoms with Crippen LogP contribution >= 0.6 is 0 Å². The molecule has 0 bridgehead atoms. The molecule has 35 heavy (non-hydrogen) atoms. The maximum Gasteiger partial charge on any atom is 0.408 e. The summed E-state index contributed by atoms with van der Waals surface area (Å²) in [6.45, 7) is 9.52. The second kappa shape index (κ2) is 13.9. The average molecular weight is 499 g/mol. The normalized spacial score (nSPS) is 20.6. The molecular formula is C24H42N4O7. The highest BCUT2D eigenvalue weighted by molar-refractivity contribution is 5.86. The number of nitrogens with one attached hydrogen (secondary N) is 3. The molecule has 1 rings (SSSR count). The van der Waals surface area contributed by atoms with E-state index in [4.69, 9.17) is 10.5 Å². The van der Waals surface area contributed by atoms with E-state index in [1.165, 1.54) is 0 Å². The van der Waals surface area contributed by atoms with Crippen molar-refractivity contribution >= 4 is 29.8 Å². The molecule has 4 amide bonds. The Balaban J connectivity index is 2.54. The van der Waals surface area contributed by atoms with Crippen molar-refractivity contribution in [3.05, 3.63) is 0 Å². The average Bonchev–Trinajstić information content (AvgIpc) is 2.76. The van der Waals surface area contributed by atoms with E-state index in [1.54, 1.807) is 20.8 Å². The van der Waals surface area contributed by atoms with Crippen molar-refractivity contribution < 1.29 is 33.8 Å². The van der Waals surface area contributed by atoms with E-state index in [-0.39, 0.29) is 42.4 Å². The van der Waals surface area contributed by atoms with E-state index in [0.29, 0.717) is 38.6 Å². The Morgan fingerprint density at radius 2 is 1.66 bits per heavy atom. The fourth-order valence-electron chi connectivity index (χ4n) is 3.95. The molecule has 200 valence electrons. The number of carbonyl (C=O) groups excluding carboxylic acids is 4. The van der Waals surface area contributed by atoms with Crippen LogP contribution in [0.5, 0.6) is 0 Å². The molecule has 11 nitrogen and oxygen atoms in total. The van der Waals surface area contributed by atoms with E-state index in [0.717, 1.165) is 0 Å². The second-order valence-electron chi connectivity index (χ2n) is 10.4. The van der Waals surface area contributed by atoms with Gasteiger partial charge in [-0.25, -0.2) is 9.59 Å². The Hall–Kier alpha value is -2.85. The molecule has 0 saturated heterocycles. The van der Waals surface area contributed by atoms with Crippen LogP contribution in [0.4, 0.5) is 4.79 Å². The summed E-state index contributed by atoms with van der Waals surface area (Å²) in [6, 6.07) is -1.87. The van der Waals surface area contributed by atoms with Crippen LogP contribution < -0.4 is 21.7 Å². The SMILES string of the molecule is CC[C@@H](C)[C@H](NC(=O)OC(C)(C)C)C(=O)NCC1CCC(C(=O)N[C@@H](CCC(N)=O)C(=O)O)CC1. The van der Waals surface area contributed by atoms with Crippen molar-refractivity contribution in [2.24, 2.45) is 23.5 Å². The number of hydrogen-bond acceptors (Lipinski definition) is 6. The van der Waals surface area contributed by atoms with E-state index in [9.17, 15) is 29.1 Å². The lowest BCUT2D eigenvalue weighted by molar-refractivity contribution is -0.143. The zero-order chi connectivity index (χ0) is 26.8. The van der Waals surface area contributed by atoms with Crippen molar-refractivity contribution in [3.8, 4) is 0 Å². The van der Waals surface area contributed by atoms with Crippen LogP contribution in [0.2, 0.25) is 0 Å². The molecule has 6 N–H and O–H groups in total. The summed E-state index contributed by atoms with van der Waals surface area (Å²) in [6.07, 6.45) is 2.43. The third-order valence-corrected chi connectivity index (χ3v) is 6.24.